The number of nitrogens with one attached hydrogen (secondary N) is 2. The van der Waals surface area contributed by atoms with Gasteiger partial charge in [-0.2, -0.15) is 0 Å². The van der Waals surface area contributed by atoms with Crippen LogP contribution in [0.15, 0.2) is 4.99 Å². The molecule has 0 aliphatic heterocycles. The Hall–Kier alpha value is -0.770. The van der Waals surface area contributed by atoms with E-state index in [9.17, 15) is 0 Å². The lowest BCUT2D eigenvalue weighted by molar-refractivity contribution is 0.428. The number of guanidine groups is 1. The van der Waals surface area contributed by atoms with Crippen LogP contribution in [0, 0.1) is 0 Å². The zero-order chi connectivity index (χ0) is 13.1. The van der Waals surface area contributed by atoms with Gasteiger partial charge in [0.15, 0.2) is 5.96 Å². The first-order chi connectivity index (χ1) is 7.95. The summed E-state index contributed by atoms with van der Waals surface area (Å²) in [5.74, 6) is 0.567. The monoisotopic (exact) mass is 242 g/mol. The van der Waals surface area contributed by atoms with E-state index >= 15 is 0 Å². The molecule has 0 rings (SSSR count). The summed E-state index contributed by atoms with van der Waals surface area (Å²) in [6.45, 7) is 11.2. The quantitative estimate of drug-likeness (QED) is 0.346. The van der Waals surface area contributed by atoms with Crippen molar-refractivity contribution in [2.24, 2.45) is 10.7 Å². The molecule has 0 amide bonds. The molecular weight excluding hydrogens is 212 g/mol. The Morgan fingerprint density at radius 3 is 2.41 bits per heavy atom. The molecule has 0 aliphatic carbocycles. The van der Waals surface area contributed by atoms with E-state index in [1.807, 2.05) is 0 Å². The zero-order valence-corrected chi connectivity index (χ0v) is 12.0. The van der Waals surface area contributed by atoms with Gasteiger partial charge in [-0.05, 0) is 27.2 Å². The smallest absolute Gasteiger partial charge is 0.188 e. The van der Waals surface area contributed by atoms with Crippen LogP contribution in [0.2, 0.25) is 0 Å². The van der Waals surface area contributed by atoms with Crippen LogP contribution in [0.4, 0.5) is 0 Å². The third-order valence-electron chi connectivity index (χ3n) is 2.38. The summed E-state index contributed by atoms with van der Waals surface area (Å²) in [4.78, 5) is 4.29. The number of nitrogens with zero attached hydrogens (tertiary/aromatic N) is 1. The highest BCUT2D eigenvalue weighted by Crippen LogP contribution is 1.98. The highest BCUT2D eigenvalue weighted by molar-refractivity contribution is 5.77. The zero-order valence-electron chi connectivity index (χ0n) is 12.0. The van der Waals surface area contributed by atoms with Crippen LogP contribution in [0.5, 0.6) is 0 Å². The number of hydrogen-bond acceptors (Lipinski definition) is 2. The molecule has 4 nitrogen and oxygen atoms in total. The fourth-order valence-electron chi connectivity index (χ4n) is 1.42. The Labute approximate surface area is 106 Å². The highest BCUT2D eigenvalue weighted by Gasteiger charge is 2.06. The largest absolute Gasteiger partial charge is 0.370 e. The van der Waals surface area contributed by atoms with Crippen molar-refractivity contribution < 1.29 is 0 Å². The highest BCUT2D eigenvalue weighted by atomic mass is 15.1. The Morgan fingerprint density at radius 2 is 1.82 bits per heavy atom. The molecule has 4 N–H and O–H groups in total. The number of nitrogens with two attached hydrogens (primary N) is 1. The predicted molar refractivity (Wildman–Crippen MR) is 76.4 cm³/mol. The standard InChI is InChI=1S/C13H30N4/c1-5-6-7-8-9-15-12(14)16-10-11-17-13(2,3)4/h17H,5-11H2,1-4H3,(H3,14,15,16). The number of unbranched alkanes of at least 4 members (excludes halogenated alkanes) is 3. The molecule has 0 aromatic rings. The molecule has 102 valence electrons. The van der Waals surface area contributed by atoms with Crippen LogP contribution in [-0.2, 0) is 0 Å². The van der Waals surface area contributed by atoms with Crippen molar-refractivity contribution in [3.8, 4) is 0 Å². The van der Waals surface area contributed by atoms with Crippen LogP contribution < -0.4 is 16.4 Å². The minimum Gasteiger partial charge on any atom is -0.370 e. The molecule has 17 heavy (non-hydrogen) atoms. The molecule has 0 saturated carbocycles. The first kappa shape index (κ1) is 16.2. The molecule has 0 bridgehead atoms. The molecule has 0 radical (unpaired) electrons. The van der Waals surface area contributed by atoms with Gasteiger partial charge >= 0.3 is 0 Å². The summed E-state index contributed by atoms with van der Waals surface area (Å²) < 4.78 is 0. The van der Waals surface area contributed by atoms with Gasteiger partial charge in [0, 0.05) is 25.2 Å². The van der Waals surface area contributed by atoms with Crippen molar-refractivity contribution in [3.05, 3.63) is 0 Å². The second-order valence-electron chi connectivity index (χ2n) is 5.43. The fourth-order valence-corrected chi connectivity index (χ4v) is 1.42. The Bertz CT molecular complexity index is 206. The van der Waals surface area contributed by atoms with Gasteiger partial charge in [-0.15, -0.1) is 0 Å². The van der Waals surface area contributed by atoms with Crippen LogP contribution >= 0.6 is 0 Å². The number of rotatable bonds is 8. The van der Waals surface area contributed by atoms with Gasteiger partial charge in [-0.25, -0.2) is 0 Å². The van der Waals surface area contributed by atoms with Crippen LogP contribution in [0.1, 0.15) is 53.4 Å². The molecule has 0 unspecified atom stereocenters. The number of aliphatic imine (C=N–C) groups is 1. The summed E-state index contributed by atoms with van der Waals surface area (Å²) in [5, 5.41) is 6.50. The van der Waals surface area contributed by atoms with E-state index in [0.29, 0.717) is 5.96 Å². The molecular formula is C13H30N4. The second kappa shape index (κ2) is 9.28. The summed E-state index contributed by atoms with van der Waals surface area (Å²) in [6, 6.07) is 0. The first-order valence-corrected chi connectivity index (χ1v) is 6.74. The average Bonchev–Trinajstić information content (AvgIpc) is 2.23. The third kappa shape index (κ3) is 13.2. The molecule has 0 atom stereocenters. The topological polar surface area (TPSA) is 62.4 Å². The van der Waals surface area contributed by atoms with Crippen LogP contribution in [0.3, 0.4) is 0 Å². The Morgan fingerprint density at radius 1 is 1.12 bits per heavy atom. The van der Waals surface area contributed by atoms with Gasteiger partial charge in [-0.1, -0.05) is 26.2 Å². The SMILES string of the molecule is CCCCCCN=C(N)NCCNC(C)(C)C. The van der Waals surface area contributed by atoms with Crippen molar-refractivity contribution >= 4 is 5.96 Å². The maximum Gasteiger partial charge on any atom is 0.188 e. The lowest BCUT2D eigenvalue weighted by Gasteiger charge is -2.20. The van der Waals surface area contributed by atoms with Gasteiger partial charge in [0.05, 0.1) is 0 Å². The van der Waals surface area contributed by atoms with Crippen molar-refractivity contribution in [1.82, 2.24) is 10.6 Å². The molecule has 0 aromatic carbocycles. The molecule has 0 spiro atoms. The maximum atomic E-state index is 5.75. The van der Waals surface area contributed by atoms with Crippen molar-refractivity contribution in [2.75, 3.05) is 19.6 Å². The summed E-state index contributed by atoms with van der Waals surface area (Å²) in [6.07, 6.45) is 4.93. The Balaban J connectivity index is 3.44. The average molecular weight is 242 g/mol. The van der Waals surface area contributed by atoms with Crippen LogP contribution in [-0.4, -0.2) is 31.1 Å². The van der Waals surface area contributed by atoms with E-state index in [1.54, 1.807) is 0 Å². The van der Waals surface area contributed by atoms with E-state index < -0.39 is 0 Å². The first-order valence-electron chi connectivity index (χ1n) is 6.74. The van der Waals surface area contributed by atoms with Crippen LogP contribution in [0.25, 0.3) is 0 Å². The molecule has 0 aliphatic rings. The van der Waals surface area contributed by atoms with E-state index in [1.165, 1.54) is 19.3 Å². The molecule has 0 heterocycles. The molecule has 4 heteroatoms. The van der Waals surface area contributed by atoms with E-state index in [-0.39, 0.29) is 5.54 Å². The summed E-state index contributed by atoms with van der Waals surface area (Å²) in [7, 11) is 0. The molecule has 0 aromatic heterocycles. The van der Waals surface area contributed by atoms with Gasteiger partial charge in [0.25, 0.3) is 0 Å². The van der Waals surface area contributed by atoms with Gasteiger partial charge in [0.1, 0.15) is 0 Å². The maximum absolute atomic E-state index is 5.75. The fraction of sp³-hybridized carbons (Fsp3) is 0.923. The minimum atomic E-state index is 0.160. The van der Waals surface area contributed by atoms with E-state index in [0.717, 1.165) is 26.1 Å². The lowest BCUT2D eigenvalue weighted by atomic mass is 10.1. The third-order valence-corrected chi connectivity index (χ3v) is 2.38. The van der Waals surface area contributed by atoms with Gasteiger partial charge in [0.2, 0.25) is 0 Å². The van der Waals surface area contributed by atoms with Gasteiger partial charge in [-0.3, -0.25) is 4.99 Å². The van der Waals surface area contributed by atoms with Gasteiger partial charge < -0.3 is 16.4 Å². The summed E-state index contributed by atoms with van der Waals surface area (Å²) >= 11 is 0. The minimum absolute atomic E-state index is 0.160. The van der Waals surface area contributed by atoms with E-state index in [4.69, 9.17) is 5.73 Å². The predicted octanol–water partition coefficient (Wildman–Crippen LogP) is 1.86. The number of hydrogen-bond donors (Lipinski definition) is 3. The summed E-state index contributed by atoms with van der Waals surface area (Å²) in [5.41, 5.74) is 5.91. The van der Waals surface area contributed by atoms with Crippen molar-refractivity contribution in [1.29, 1.82) is 0 Å². The van der Waals surface area contributed by atoms with E-state index in [2.05, 4.69) is 43.3 Å². The molecule has 0 fully saturated rings. The normalized spacial score (nSPS) is 12.8. The second-order valence-corrected chi connectivity index (χ2v) is 5.43. The van der Waals surface area contributed by atoms with Crippen molar-refractivity contribution in [2.45, 2.75) is 58.9 Å². The van der Waals surface area contributed by atoms with Crippen molar-refractivity contribution in [3.63, 3.8) is 0 Å². The molecule has 0 saturated heterocycles. The Kier molecular flexibility index (Phi) is 8.86. The lowest BCUT2D eigenvalue weighted by Crippen LogP contribution is -2.43.